The average molecular weight is 154 g/mol. The molecule has 0 amide bonds. The molecule has 0 N–H and O–H groups in total. The second-order valence-corrected chi connectivity index (χ2v) is 2.58. The van der Waals surface area contributed by atoms with E-state index in [-0.39, 0.29) is 0 Å². The second-order valence-electron chi connectivity index (χ2n) is 2.58. The predicted molar refractivity (Wildman–Crippen MR) is 54.8 cm³/mol. The number of rotatable bonds is 2. The molecule has 0 fully saturated rings. The fourth-order valence-corrected chi connectivity index (χ4v) is 0.465. The number of allylic oxidation sites excluding steroid dienone is 4. The molecule has 66 valence electrons. The Bertz CT molecular complexity index is 94.6. The van der Waals surface area contributed by atoms with E-state index in [2.05, 4.69) is 32.9 Å². The summed E-state index contributed by atoms with van der Waals surface area (Å²) >= 11 is 0. The van der Waals surface area contributed by atoms with Crippen molar-refractivity contribution in [3.8, 4) is 0 Å². The first kappa shape index (κ1) is 13.1. The van der Waals surface area contributed by atoms with E-state index >= 15 is 0 Å². The molecule has 0 aromatic carbocycles. The van der Waals surface area contributed by atoms with Crippen molar-refractivity contribution in [3.05, 3.63) is 24.3 Å². The van der Waals surface area contributed by atoms with E-state index in [9.17, 15) is 0 Å². The minimum atomic E-state index is 0.769. The van der Waals surface area contributed by atoms with Gasteiger partial charge in [-0.1, -0.05) is 44.6 Å². The first-order chi connectivity index (χ1) is 5.22. The molecule has 0 aromatic heterocycles. The zero-order valence-electron chi connectivity index (χ0n) is 8.59. The molecule has 1 atom stereocenters. The van der Waals surface area contributed by atoms with Crippen LogP contribution in [0.15, 0.2) is 24.3 Å². The van der Waals surface area contributed by atoms with Gasteiger partial charge in [0.1, 0.15) is 0 Å². The highest BCUT2D eigenvalue weighted by molar-refractivity contribution is 4.81. The largest absolute Gasteiger partial charge is 0.0919 e. The molecule has 0 saturated carbocycles. The smallest absolute Gasteiger partial charge is 0.0265 e. The van der Waals surface area contributed by atoms with Crippen molar-refractivity contribution in [2.45, 2.75) is 41.0 Å². The Morgan fingerprint density at radius 2 is 1.45 bits per heavy atom. The molecule has 0 rings (SSSR count). The summed E-state index contributed by atoms with van der Waals surface area (Å²) in [7, 11) is 0. The van der Waals surface area contributed by atoms with Crippen LogP contribution in [0.4, 0.5) is 0 Å². The summed E-state index contributed by atoms with van der Waals surface area (Å²) in [5.41, 5.74) is 0. The van der Waals surface area contributed by atoms with Crippen LogP contribution in [0.1, 0.15) is 41.0 Å². The van der Waals surface area contributed by atoms with Crippen LogP contribution in [-0.4, -0.2) is 0 Å². The standard InChI is InChI=1S/C7H14.C4H8/c1-4-6-7(3)5-2;1-3-4-2/h4,6-7H,5H2,1-3H3;3-4H,1-2H3/b6-4+;4-3-. The third-order valence-electron chi connectivity index (χ3n) is 1.50. The van der Waals surface area contributed by atoms with Gasteiger partial charge in [0.2, 0.25) is 0 Å². The molecular weight excluding hydrogens is 132 g/mol. The van der Waals surface area contributed by atoms with Gasteiger partial charge in [-0.05, 0) is 26.7 Å². The molecular formula is C11H22. The summed E-state index contributed by atoms with van der Waals surface area (Å²) in [6, 6.07) is 0. The highest BCUT2D eigenvalue weighted by Crippen LogP contribution is 2.00. The molecule has 0 saturated heterocycles. The lowest BCUT2D eigenvalue weighted by molar-refractivity contribution is 0.697. The molecule has 0 radical (unpaired) electrons. The SMILES string of the molecule is C/C=C/C(C)CC.C/C=C\C. The van der Waals surface area contributed by atoms with Crippen LogP contribution in [-0.2, 0) is 0 Å². The predicted octanol–water partition coefficient (Wildman–Crippen LogP) is 4.19. The van der Waals surface area contributed by atoms with Crippen molar-refractivity contribution in [2.75, 3.05) is 0 Å². The summed E-state index contributed by atoms with van der Waals surface area (Å²) in [6.07, 6.45) is 9.58. The fourth-order valence-electron chi connectivity index (χ4n) is 0.465. The first-order valence-electron chi connectivity index (χ1n) is 4.42. The van der Waals surface area contributed by atoms with E-state index in [1.165, 1.54) is 6.42 Å². The van der Waals surface area contributed by atoms with Crippen molar-refractivity contribution in [1.82, 2.24) is 0 Å². The maximum absolute atomic E-state index is 2.22. The van der Waals surface area contributed by atoms with Gasteiger partial charge in [-0.3, -0.25) is 0 Å². The van der Waals surface area contributed by atoms with Crippen LogP contribution >= 0.6 is 0 Å². The molecule has 0 aliphatic rings. The lowest BCUT2D eigenvalue weighted by Gasteiger charge is -1.95. The van der Waals surface area contributed by atoms with Crippen molar-refractivity contribution in [1.29, 1.82) is 0 Å². The molecule has 1 unspecified atom stereocenters. The van der Waals surface area contributed by atoms with Gasteiger partial charge in [0.15, 0.2) is 0 Å². The van der Waals surface area contributed by atoms with Gasteiger partial charge in [-0.15, -0.1) is 0 Å². The Hall–Kier alpha value is -0.520. The summed E-state index contributed by atoms with van der Waals surface area (Å²) < 4.78 is 0. The maximum Gasteiger partial charge on any atom is -0.0265 e. The molecule has 0 aromatic rings. The minimum absolute atomic E-state index is 0.769. The van der Waals surface area contributed by atoms with Gasteiger partial charge in [-0.25, -0.2) is 0 Å². The van der Waals surface area contributed by atoms with Crippen molar-refractivity contribution >= 4 is 0 Å². The molecule has 11 heavy (non-hydrogen) atoms. The number of hydrogen-bond acceptors (Lipinski definition) is 0. The van der Waals surface area contributed by atoms with E-state index in [0.29, 0.717) is 0 Å². The minimum Gasteiger partial charge on any atom is -0.0919 e. The van der Waals surface area contributed by atoms with Crippen molar-refractivity contribution < 1.29 is 0 Å². The summed E-state index contributed by atoms with van der Waals surface area (Å²) in [6.45, 7) is 10.5. The van der Waals surface area contributed by atoms with Gasteiger partial charge in [-0.2, -0.15) is 0 Å². The zero-order chi connectivity index (χ0) is 9.11. The molecule has 0 spiro atoms. The van der Waals surface area contributed by atoms with Crippen LogP contribution in [0, 0.1) is 5.92 Å². The lowest BCUT2D eigenvalue weighted by Crippen LogP contribution is -1.81. The zero-order valence-corrected chi connectivity index (χ0v) is 8.59. The molecule has 0 heterocycles. The summed E-state index contributed by atoms with van der Waals surface area (Å²) in [4.78, 5) is 0. The van der Waals surface area contributed by atoms with Gasteiger partial charge >= 0.3 is 0 Å². The molecule has 0 nitrogen and oxygen atoms in total. The topological polar surface area (TPSA) is 0 Å². The van der Waals surface area contributed by atoms with Crippen molar-refractivity contribution in [2.24, 2.45) is 5.92 Å². The van der Waals surface area contributed by atoms with Gasteiger partial charge in [0.05, 0.1) is 0 Å². The van der Waals surface area contributed by atoms with Crippen LogP contribution in [0.2, 0.25) is 0 Å². The van der Waals surface area contributed by atoms with E-state index in [1.54, 1.807) is 0 Å². The Balaban J connectivity index is 0. The Morgan fingerprint density at radius 3 is 1.55 bits per heavy atom. The summed E-state index contributed by atoms with van der Waals surface area (Å²) in [5.74, 6) is 0.769. The molecule has 0 heteroatoms. The third-order valence-corrected chi connectivity index (χ3v) is 1.50. The molecule has 0 aliphatic carbocycles. The molecule has 0 aliphatic heterocycles. The van der Waals surface area contributed by atoms with Crippen LogP contribution in [0.3, 0.4) is 0 Å². The van der Waals surface area contributed by atoms with Gasteiger partial charge in [0, 0.05) is 0 Å². The van der Waals surface area contributed by atoms with Gasteiger partial charge in [0.25, 0.3) is 0 Å². The average Bonchev–Trinajstić information content (AvgIpc) is 2.05. The second kappa shape index (κ2) is 12.2. The van der Waals surface area contributed by atoms with E-state index < -0.39 is 0 Å². The highest BCUT2D eigenvalue weighted by Gasteiger charge is 1.85. The Morgan fingerprint density at radius 1 is 1.00 bits per heavy atom. The van der Waals surface area contributed by atoms with E-state index in [0.717, 1.165) is 5.92 Å². The number of hydrogen-bond donors (Lipinski definition) is 0. The van der Waals surface area contributed by atoms with Gasteiger partial charge < -0.3 is 0 Å². The van der Waals surface area contributed by atoms with Crippen LogP contribution in [0.5, 0.6) is 0 Å². The van der Waals surface area contributed by atoms with Crippen molar-refractivity contribution in [3.63, 3.8) is 0 Å². The van der Waals surface area contributed by atoms with Crippen LogP contribution < -0.4 is 0 Å². The Kier molecular flexibility index (Phi) is 14.5. The van der Waals surface area contributed by atoms with E-state index in [1.807, 2.05) is 26.0 Å². The fraction of sp³-hybridized carbons (Fsp3) is 0.636. The highest BCUT2D eigenvalue weighted by atomic mass is 13.9. The monoisotopic (exact) mass is 154 g/mol. The first-order valence-corrected chi connectivity index (χ1v) is 4.42. The quantitative estimate of drug-likeness (QED) is 0.523. The van der Waals surface area contributed by atoms with Crippen LogP contribution in [0.25, 0.3) is 0 Å². The lowest BCUT2D eigenvalue weighted by atomic mass is 10.1. The molecule has 0 bridgehead atoms. The van der Waals surface area contributed by atoms with E-state index in [4.69, 9.17) is 0 Å². The summed E-state index contributed by atoms with van der Waals surface area (Å²) in [5, 5.41) is 0. The third kappa shape index (κ3) is 17.7. The normalized spacial score (nSPS) is 13.2. The maximum atomic E-state index is 2.22. The Labute approximate surface area is 72.0 Å².